The zero-order valence-electron chi connectivity index (χ0n) is 10.4. The highest BCUT2D eigenvalue weighted by atomic mass is 35.5. The fraction of sp³-hybridized carbons (Fsp3) is 0.462. The van der Waals surface area contributed by atoms with Gasteiger partial charge in [-0.05, 0) is 24.7 Å². The summed E-state index contributed by atoms with van der Waals surface area (Å²) in [5.74, 6) is 0.0550. The Balaban J connectivity index is 1.72. The summed E-state index contributed by atoms with van der Waals surface area (Å²) in [6.07, 6.45) is 0. The number of likely N-dealkylation sites (N-methyl/N-ethyl adjacent to an activating group) is 1. The van der Waals surface area contributed by atoms with Crippen LogP contribution < -0.4 is 10.6 Å². The van der Waals surface area contributed by atoms with E-state index in [0.29, 0.717) is 24.2 Å². The third-order valence-corrected chi connectivity index (χ3v) is 3.43. The lowest BCUT2D eigenvalue weighted by atomic mass is 10.1. The van der Waals surface area contributed by atoms with E-state index >= 15 is 0 Å². The molecule has 1 aliphatic heterocycles. The molecule has 0 radical (unpaired) electrons. The Morgan fingerprint density at radius 1 is 1.44 bits per heavy atom. The molecule has 2 N–H and O–H groups in total. The fourth-order valence-electron chi connectivity index (χ4n) is 1.80. The van der Waals surface area contributed by atoms with Gasteiger partial charge in [-0.2, -0.15) is 0 Å². The predicted octanol–water partition coefficient (Wildman–Crippen LogP) is 0.860. The Morgan fingerprint density at radius 2 is 2.11 bits per heavy atom. The van der Waals surface area contributed by atoms with Crippen LogP contribution in [-0.4, -0.2) is 43.5 Å². The molecule has 0 saturated carbocycles. The number of benzene rings is 1. The van der Waals surface area contributed by atoms with Crippen LogP contribution in [0.3, 0.4) is 0 Å². The quantitative estimate of drug-likeness (QED) is 0.832. The van der Waals surface area contributed by atoms with Gasteiger partial charge >= 0.3 is 0 Å². The van der Waals surface area contributed by atoms with Crippen molar-refractivity contribution >= 4 is 17.5 Å². The highest BCUT2D eigenvalue weighted by molar-refractivity contribution is 6.30. The Kier molecular flexibility index (Phi) is 4.58. The lowest BCUT2D eigenvalue weighted by Gasteiger charge is -2.35. The van der Waals surface area contributed by atoms with E-state index in [2.05, 4.69) is 15.5 Å². The molecular formula is C13H18ClN3O. The van der Waals surface area contributed by atoms with Crippen molar-refractivity contribution in [3.05, 3.63) is 34.9 Å². The average molecular weight is 268 g/mol. The molecule has 0 atom stereocenters. The number of carbonyl (C=O) groups is 1. The summed E-state index contributed by atoms with van der Waals surface area (Å²) in [4.78, 5) is 13.8. The summed E-state index contributed by atoms with van der Waals surface area (Å²) in [5.41, 5.74) is 1.06. The summed E-state index contributed by atoms with van der Waals surface area (Å²) in [6, 6.07) is 7.99. The average Bonchev–Trinajstić information content (AvgIpc) is 2.25. The molecular weight excluding hydrogens is 250 g/mol. The first kappa shape index (κ1) is 13.3. The van der Waals surface area contributed by atoms with Crippen molar-refractivity contribution in [2.24, 2.45) is 0 Å². The van der Waals surface area contributed by atoms with Crippen LogP contribution in [0.2, 0.25) is 5.02 Å². The summed E-state index contributed by atoms with van der Waals surface area (Å²) in [7, 11) is 1.98. The van der Waals surface area contributed by atoms with E-state index in [1.807, 2.05) is 31.3 Å². The van der Waals surface area contributed by atoms with Gasteiger partial charge in [0.2, 0.25) is 5.91 Å². The van der Waals surface area contributed by atoms with Crippen LogP contribution in [0.5, 0.6) is 0 Å². The molecule has 0 spiro atoms. The van der Waals surface area contributed by atoms with Gasteiger partial charge in [-0.15, -0.1) is 0 Å². The van der Waals surface area contributed by atoms with Gasteiger partial charge in [0.1, 0.15) is 0 Å². The number of nitrogens with one attached hydrogen (secondary N) is 2. The molecule has 1 amide bonds. The molecule has 1 aromatic carbocycles. The van der Waals surface area contributed by atoms with Crippen molar-refractivity contribution in [1.82, 2.24) is 15.5 Å². The molecule has 98 valence electrons. The lowest BCUT2D eigenvalue weighted by molar-refractivity contribution is -0.122. The Hall–Kier alpha value is -1.10. The van der Waals surface area contributed by atoms with Crippen molar-refractivity contribution < 1.29 is 4.79 Å². The van der Waals surface area contributed by atoms with Gasteiger partial charge in [-0.1, -0.05) is 23.7 Å². The molecule has 18 heavy (non-hydrogen) atoms. The second kappa shape index (κ2) is 6.18. The minimum Gasteiger partial charge on any atom is -0.351 e. The van der Waals surface area contributed by atoms with Gasteiger partial charge in [0.15, 0.2) is 0 Å². The third-order valence-electron chi connectivity index (χ3n) is 3.18. The topological polar surface area (TPSA) is 44.4 Å². The largest absolute Gasteiger partial charge is 0.351 e. The smallest absolute Gasteiger partial charge is 0.234 e. The molecule has 1 saturated heterocycles. The monoisotopic (exact) mass is 267 g/mol. The zero-order chi connectivity index (χ0) is 13.0. The highest BCUT2D eigenvalue weighted by Crippen LogP contribution is 2.09. The number of nitrogens with zero attached hydrogens (tertiary/aromatic N) is 1. The number of hydrogen-bond donors (Lipinski definition) is 2. The predicted molar refractivity (Wildman–Crippen MR) is 72.6 cm³/mol. The van der Waals surface area contributed by atoms with Gasteiger partial charge in [0.05, 0.1) is 6.54 Å². The standard InChI is InChI=1S/C13H18ClN3O/c1-17(12-7-15-8-12)9-13(18)16-6-10-2-4-11(14)5-3-10/h2-5,12,15H,6-9H2,1H3,(H,16,18). The molecule has 1 heterocycles. The van der Waals surface area contributed by atoms with Gasteiger partial charge < -0.3 is 10.6 Å². The SMILES string of the molecule is CN(CC(=O)NCc1ccc(Cl)cc1)C1CNC1. The van der Waals surface area contributed by atoms with Crippen LogP contribution in [0.15, 0.2) is 24.3 Å². The molecule has 0 aromatic heterocycles. The van der Waals surface area contributed by atoms with Crippen LogP contribution in [0.25, 0.3) is 0 Å². The van der Waals surface area contributed by atoms with Crippen molar-refractivity contribution in [1.29, 1.82) is 0 Å². The first-order valence-corrected chi connectivity index (χ1v) is 6.45. The van der Waals surface area contributed by atoms with Crippen molar-refractivity contribution in [2.75, 3.05) is 26.7 Å². The molecule has 0 aliphatic carbocycles. The van der Waals surface area contributed by atoms with E-state index in [1.54, 1.807) is 0 Å². The number of rotatable bonds is 5. The van der Waals surface area contributed by atoms with Crippen LogP contribution in [0.1, 0.15) is 5.56 Å². The van der Waals surface area contributed by atoms with E-state index in [-0.39, 0.29) is 5.91 Å². The van der Waals surface area contributed by atoms with Crippen LogP contribution >= 0.6 is 11.6 Å². The van der Waals surface area contributed by atoms with Crippen molar-refractivity contribution in [3.63, 3.8) is 0 Å². The molecule has 1 aromatic rings. The van der Waals surface area contributed by atoms with Gasteiger partial charge in [-0.3, -0.25) is 9.69 Å². The van der Waals surface area contributed by atoms with E-state index in [1.165, 1.54) is 0 Å². The highest BCUT2D eigenvalue weighted by Gasteiger charge is 2.22. The summed E-state index contributed by atoms with van der Waals surface area (Å²) < 4.78 is 0. The molecule has 2 rings (SSSR count). The maximum absolute atomic E-state index is 11.7. The van der Waals surface area contributed by atoms with Gasteiger partial charge in [0, 0.05) is 30.7 Å². The minimum absolute atomic E-state index is 0.0550. The number of hydrogen-bond acceptors (Lipinski definition) is 3. The number of halogens is 1. The first-order chi connectivity index (χ1) is 8.65. The molecule has 0 unspecified atom stereocenters. The molecule has 1 fully saturated rings. The maximum Gasteiger partial charge on any atom is 0.234 e. The zero-order valence-corrected chi connectivity index (χ0v) is 11.2. The van der Waals surface area contributed by atoms with Crippen LogP contribution in [0.4, 0.5) is 0 Å². The van der Waals surface area contributed by atoms with E-state index in [0.717, 1.165) is 18.7 Å². The van der Waals surface area contributed by atoms with E-state index in [4.69, 9.17) is 11.6 Å². The first-order valence-electron chi connectivity index (χ1n) is 6.07. The molecule has 4 nitrogen and oxygen atoms in total. The second-order valence-corrected chi connectivity index (χ2v) is 5.07. The normalized spacial score (nSPS) is 15.5. The Bertz CT molecular complexity index is 403. The number of amides is 1. The second-order valence-electron chi connectivity index (χ2n) is 4.63. The van der Waals surface area contributed by atoms with Crippen molar-refractivity contribution in [2.45, 2.75) is 12.6 Å². The summed E-state index contributed by atoms with van der Waals surface area (Å²) in [5, 5.41) is 6.81. The van der Waals surface area contributed by atoms with E-state index in [9.17, 15) is 4.79 Å². The Morgan fingerprint density at radius 3 is 2.67 bits per heavy atom. The summed E-state index contributed by atoms with van der Waals surface area (Å²) >= 11 is 5.80. The number of carbonyl (C=O) groups excluding carboxylic acids is 1. The van der Waals surface area contributed by atoms with Crippen LogP contribution in [0, 0.1) is 0 Å². The molecule has 0 bridgehead atoms. The lowest BCUT2D eigenvalue weighted by Crippen LogP contribution is -2.57. The van der Waals surface area contributed by atoms with Crippen molar-refractivity contribution in [3.8, 4) is 0 Å². The molecule has 5 heteroatoms. The fourth-order valence-corrected chi connectivity index (χ4v) is 1.93. The van der Waals surface area contributed by atoms with Crippen LogP contribution in [-0.2, 0) is 11.3 Å². The minimum atomic E-state index is 0.0550. The summed E-state index contributed by atoms with van der Waals surface area (Å²) in [6.45, 7) is 2.94. The Labute approximate surface area is 112 Å². The third kappa shape index (κ3) is 3.70. The van der Waals surface area contributed by atoms with Gasteiger partial charge in [-0.25, -0.2) is 0 Å². The van der Waals surface area contributed by atoms with E-state index < -0.39 is 0 Å². The van der Waals surface area contributed by atoms with Gasteiger partial charge in [0.25, 0.3) is 0 Å². The maximum atomic E-state index is 11.7. The molecule has 1 aliphatic rings.